The fourth-order valence-electron chi connectivity index (χ4n) is 6.02. The first kappa shape index (κ1) is 28.9. The molecule has 0 aromatic heterocycles. The highest BCUT2D eigenvalue weighted by molar-refractivity contribution is 5.92. The molecule has 2 saturated heterocycles. The molecule has 37 heavy (non-hydrogen) atoms. The van der Waals surface area contributed by atoms with E-state index in [1.807, 2.05) is 17.0 Å². The zero-order valence-electron chi connectivity index (χ0n) is 20.8. The number of carbonyl (C=O) groups excluding carboxylic acids is 2. The molecular formula is C26H36F3N3O5. The van der Waals surface area contributed by atoms with E-state index in [0.717, 1.165) is 25.9 Å². The Kier molecular flexibility index (Phi) is 9.94. The molecule has 1 saturated carbocycles. The number of hydrogen-bond acceptors (Lipinski definition) is 5. The van der Waals surface area contributed by atoms with Gasteiger partial charge in [-0.3, -0.25) is 14.5 Å². The van der Waals surface area contributed by atoms with E-state index in [0.29, 0.717) is 36.0 Å². The molecule has 2 aliphatic heterocycles. The van der Waals surface area contributed by atoms with E-state index < -0.39 is 18.8 Å². The topological polar surface area (TPSA) is 124 Å². The summed E-state index contributed by atoms with van der Waals surface area (Å²) >= 11 is 0. The average Bonchev–Trinajstić information content (AvgIpc) is 3.45. The predicted molar refractivity (Wildman–Crippen MR) is 130 cm³/mol. The van der Waals surface area contributed by atoms with Gasteiger partial charge in [0, 0.05) is 37.3 Å². The lowest BCUT2D eigenvalue weighted by Gasteiger charge is -2.40. The molecule has 2 amide bonds. The third kappa shape index (κ3) is 7.91. The molecule has 2 heterocycles. The number of benzene rings is 1. The summed E-state index contributed by atoms with van der Waals surface area (Å²) in [6, 6.07) is 8.87. The molecule has 1 unspecified atom stereocenters. The minimum atomic E-state index is -5.08. The monoisotopic (exact) mass is 527 g/mol. The maximum absolute atomic E-state index is 12.3. The zero-order chi connectivity index (χ0) is 27.2. The van der Waals surface area contributed by atoms with Crippen molar-refractivity contribution in [2.24, 2.45) is 11.7 Å². The molecule has 0 spiro atoms. The molecule has 8 nitrogen and oxygen atoms in total. The second kappa shape index (κ2) is 12.7. The summed E-state index contributed by atoms with van der Waals surface area (Å²) in [5, 5.41) is 16.5. The number of nitrogens with zero attached hydrogens (tertiary/aromatic N) is 2. The van der Waals surface area contributed by atoms with Gasteiger partial charge in [-0.1, -0.05) is 25.0 Å². The van der Waals surface area contributed by atoms with Crippen molar-refractivity contribution in [2.45, 2.75) is 75.5 Å². The molecule has 0 radical (unpaired) electrons. The minimum Gasteiger partial charge on any atom is -0.475 e. The Labute approximate surface area is 214 Å². The Bertz CT molecular complexity index is 938. The largest absolute Gasteiger partial charge is 0.490 e. The Hall–Kier alpha value is -2.66. The third-order valence-corrected chi connectivity index (χ3v) is 7.84. The van der Waals surface area contributed by atoms with Crippen LogP contribution >= 0.6 is 0 Å². The predicted octanol–water partition coefficient (Wildman–Crippen LogP) is 3.14. The number of nitrogens with two attached hydrogens (primary N) is 1. The first-order valence-corrected chi connectivity index (χ1v) is 12.8. The number of piperidine rings is 1. The van der Waals surface area contributed by atoms with Crippen LogP contribution in [0.5, 0.6) is 0 Å². The van der Waals surface area contributed by atoms with Gasteiger partial charge in [0.05, 0.1) is 0 Å². The molecule has 3 aliphatic rings. The molecule has 1 aromatic rings. The molecule has 3 fully saturated rings. The SMILES string of the molecule is NC(=O)c1cccc(C2C[C@H]3CC[C@@H](C2)N3CCN(CC2CCCC2)C(=O)CO)c1.O=C(O)C(F)(F)F. The van der Waals surface area contributed by atoms with E-state index >= 15 is 0 Å². The van der Waals surface area contributed by atoms with Crippen molar-refractivity contribution in [3.63, 3.8) is 0 Å². The Balaban J connectivity index is 0.000000479. The van der Waals surface area contributed by atoms with Crippen LogP contribution in [0.3, 0.4) is 0 Å². The number of carboxylic acid groups (broad SMARTS) is 1. The lowest BCUT2D eigenvalue weighted by Crippen LogP contribution is -2.48. The maximum Gasteiger partial charge on any atom is 0.490 e. The number of carboxylic acids is 1. The second-order valence-electron chi connectivity index (χ2n) is 10.2. The number of hydrogen-bond donors (Lipinski definition) is 3. The first-order chi connectivity index (χ1) is 17.5. The van der Waals surface area contributed by atoms with E-state index in [9.17, 15) is 27.9 Å². The van der Waals surface area contributed by atoms with Crippen LogP contribution in [0.2, 0.25) is 0 Å². The number of rotatable bonds is 8. The van der Waals surface area contributed by atoms with Crippen LogP contribution in [0.4, 0.5) is 13.2 Å². The summed E-state index contributed by atoms with van der Waals surface area (Å²) in [5.41, 5.74) is 7.28. The number of aliphatic carboxylic acids is 1. The summed E-state index contributed by atoms with van der Waals surface area (Å²) < 4.78 is 31.7. The lowest BCUT2D eigenvalue weighted by molar-refractivity contribution is -0.192. The third-order valence-electron chi connectivity index (χ3n) is 7.84. The van der Waals surface area contributed by atoms with Gasteiger partial charge in [0.15, 0.2) is 0 Å². The van der Waals surface area contributed by atoms with Crippen LogP contribution in [0, 0.1) is 5.92 Å². The van der Waals surface area contributed by atoms with Crippen molar-refractivity contribution < 1.29 is 37.8 Å². The van der Waals surface area contributed by atoms with Crippen LogP contribution in [0.1, 0.15) is 73.2 Å². The Morgan fingerprint density at radius 2 is 1.65 bits per heavy atom. The van der Waals surface area contributed by atoms with Crippen LogP contribution in [0.15, 0.2) is 24.3 Å². The van der Waals surface area contributed by atoms with Gasteiger partial charge in [-0.25, -0.2) is 4.79 Å². The molecule has 1 aromatic carbocycles. The standard InChI is InChI=1S/C24H35N3O3.C2HF3O2/c25-24(30)19-7-3-6-18(12-19)20-13-21-8-9-22(14-20)27(21)11-10-26(23(29)16-28)15-17-4-1-2-5-17;3-2(4,5)1(6)7/h3,6-7,12,17,20-22,28H,1-2,4-5,8-11,13-16H2,(H2,25,30);(H,6,7)/t20?,21-,22+;. The van der Waals surface area contributed by atoms with Crippen molar-refractivity contribution in [2.75, 3.05) is 26.2 Å². The van der Waals surface area contributed by atoms with Gasteiger partial charge in [-0.15, -0.1) is 0 Å². The number of alkyl halides is 3. The van der Waals surface area contributed by atoms with Gasteiger partial charge >= 0.3 is 12.1 Å². The van der Waals surface area contributed by atoms with Crippen molar-refractivity contribution in [1.82, 2.24) is 9.80 Å². The summed E-state index contributed by atoms with van der Waals surface area (Å²) in [6.07, 6.45) is 4.44. The molecule has 3 atom stereocenters. The van der Waals surface area contributed by atoms with Crippen LogP contribution in [0.25, 0.3) is 0 Å². The lowest BCUT2D eigenvalue weighted by atomic mass is 9.84. The molecular weight excluding hydrogens is 491 g/mol. The van der Waals surface area contributed by atoms with Gasteiger partial charge in [0.1, 0.15) is 6.61 Å². The summed E-state index contributed by atoms with van der Waals surface area (Å²) in [6.45, 7) is 2.01. The number of primary amides is 1. The molecule has 206 valence electrons. The number of fused-ring (bicyclic) bond motifs is 2. The van der Waals surface area contributed by atoms with E-state index in [2.05, 4.69) is 11.0 Å². The molecule has 2 bridgehead atoms. The van der Waals surface area contributed by atoms with Gasteiger partial charge in [-0.05, 0) is 68.1 Å². The van der Waals surface area contributed by atoms with E-state index in [1.54, 1.807) is 6.07 Å². The smallest absolute Gasteiger partial charge is 0.475 e. The average molecular weight is 528 g/mol. The quantitative estimate of drug-likeness (QED) is 0.477. The van der Waals surface area contributed by atoms with Gasteiger partial charge in [0.25, 0.3) is 0 Å². The first-order valence-electron chi connectivity index (χ1n) is 12.8. The highest BCUT2D eigenvalue weighted by Gasteiger charge is 2.41. The van der Waals surface area contributed by atoms with E-state index in [1.165, 1.54) is 44.1 Å². The van der Waals surface area contributed by atoms with Crippen LogP contribution in [-0.4, -0.2) is 82.3 Å². The van der Waals surface area contributed by atoms with Gasteiger partial charge in [0.2, 0.25) is 11.8 Å². The minimum absolute atomic E-state index is 0.132. The Morgan fingerprint density at radius 3 is 2.16 bits per heavy atom. The van der Waals surface area contributed by atoms with Gasteiger partial charge < -0.3 is 20.8 Å². The number of carbonyl (C=O) groups is 3. The van der Waals surface area contributed by atoms with Crippen molar-refractivity contribution in [1.29, 1.82) is 0 Å². The van der Waals surface area contributed by atoms with Crippen LogP contribution < -0.4 is 5.73 Å². The summed E-state index contributed by atoms with van der Waals surface area (Å²) in [4.78, 5) is 37.2. The van der Waals surface area contributed by atoms with Crippen molar-refractivity contribution >= 4 is 17.8 Å². The fourth-order valence-corrected chi connectivity index (χ4v) is 6.02. The van der Waals surface area contributed by atoms with Crippen LogP contribution in [-0.2, 0) is 9.59 Å². The molecule has 11 heteroatoms. The van der Waals surface area contributed by atoms with E-state index in [4.69, 9.17) is 15.6 Å². The zero-order valence-corrected chi connectivity index (χ0v) is 20.8. The highest BCUT2D eigenvalue weighted by atomic mass is 19.4. The molecule has 1 aliphatic carbocycles. The maximum atomic E-state index is 12.3. The van der Waals surface area contributed by atoms with Crippen molar-refractivity contribution in [3.05, 3.63) is 35.4 Å². The number of halogens is 3. The Morgan fingerprint density at radius 1 is 1.05 bits per heavy atom. The van der Waals surface area contributed by atoms with E-state index in [-0.39, 0.29) is 11.8 Å². The normalized spacial score (nSPS) is 23.8. The van der Waals surface area contributed by atoms with Gasteiger partial charge in [-0.2, -0.15) is 13.2 Å². The fraction of sp³-hybridized carbons (Fsp3) is 0.654. The molecule has 4 rings (SSSR count). The van der Waals surface area contributed by atoms with Crippen molar-refractivity contribution in [3.8, 4) is 0 Å². The number of aliphatic hydroxyl groups excluding tert-OH is 1. The summed E-state index contributed by atoms with van der Waals surface area (Å²) in [5.74, 6) is -2.19. The number of aliphatic hydroxyl groups is 1. The number of amides is 2. The highest BCUT2D eigenvalue weighted by Crippen LogP contribution is 2.43. The summed E-state index contributed by atoms with van der Waals surface area (Å²) in [7, 11) is 0. The second-order valence-corrected chi connectivity index (χ2v) is 10.2. The molecule has 4 N–H and O–H groups in total.